The van der Waals surface area contributed by atoms with Crippen molar-refractivity contribution in [3.05, 3.63) is 62.5 Å². The molecule has 1 fully saturated rings. The van der Waals surface area contributed by atoms with Crippen molar-refractivity contribution in [2.24, 2.45) is 0 Å². The summed E-state index contributed by atoms with van der Waals surface area (Å²) in [7, 11) is 0. The summed E-state index contributed by atoms with van der Waals surface area (Å²) in [5, 5.41) is 20.7. The first kappa shape index (κ1) is 22.2. The number of nitro benzene ring substituents is 1. The molecular weight excluding hydrogens is 424 g/mol. The average Bonchev–Trinajstić information content (AvgIpc) is 2.99. The Kier molecular flexibility index (Phi) is 6.81. The molecule has 1 saturated heterocycles. The minimum Gasteiger partial charge on any atom is -0.500 e. The number of aryl methyl sites for hydroxylation is 1. The number of phenols is 1. The molecule has 0 bridgehead atoms. The SMILES string of the molecule is CCOc1cc(/C=C2\SC(=O)N(CCOc3ccc(C)cc3)C2=O)cc([N+](=O)[O-])c1O. The number of phenolic OH excluding ortho intramolecular Hbond substituents is 1. The Hall–Kier alpha value is -3.53. The Morgan fingerprint density at radius 3 is 2.55 bits per heavy atom. The number of ether oxygens (including phenoxy) is 2. The van der Waals surface area contributed by atoms with E-state index in [0.29, 0.717) is 5.75 Å². The first-order valence-electron chi connectivity index (χ1n) is 9.39. The van der Waals surface area contributed by atoms with Crippen LogP contribution in [0, 0.1) is 17.0 Å². The Morgan fingerprint density at radius 2 is 1.90 bits per heavy atom. The molecule has 162 valence electrons. The predicted octanol–water partition coefficient (Wildman–Crippen LogP) is 4.12. The first-order valence-corrected chi connectivity index (χ1v) is 10.2. The van der Waals surface area contributed by atoms with Crippen LogP contribution in [-0.2, 0) is 4.79 Å². The summed E-state index contributed by atoms with van der Waals surface area (Å²) >= 11 is 0.732. The van der Waals surface area contributed by atoms with E-state index in [1.165, 1.54) is 12.1 Å². The van der Waals surface area contributed by atoms with Gasteiger partial charge in [0.25, 0.3) is 11.1 Å². The second-order valence-corrected chi connectivity index (χ2v) is 7.56. The summed E-state index contributed by atoms with van der Waals surface area (Å²) in [5.74, 6) is -0.553. The molecule has 0 radical (unpaired) electrons. The smallest absolute Gasteiger partial charge is 0.315 e. The molecular formula is C21H20N2O7S. The van der Waals surface area contributed by atoms with Crippen LogP contribution < -0.4 is 9.47 Å². The molecule has 0 spiro atoms. The van der Waals surface area contributed by atoms with Gasteiger partial charge in [0.05, 0.1) is 23.0 Å². The molecule has 2 aromatic carbocycles. The lowest BCUT2D eigenvalue weighted by molar-refractivity contribution is -0.386. The Bertz CT molecular complexity index is 1050. The van der Waals surface area contributed by atoms with E-state index < -0.39 is 27.5 Å². The molecule has 0 unspecified atom stereocenters. The lowest BCUT2D eigenvalue weighted by Gasteiger charge is -2.13. The number of nitrogens with zero attached hydrogens (tertiary/aromatic N) is 2. The molecule has 3 rings (SSSR count). The van der Waals surface area contributed by atoms with Crippen molar-refractivity contribution in [2.75, 3.05) is 19.8 Å². The summed E-state index contributed by atoms with van der Waals surface area (Å²) in [6.07, 6.45) is 1.36. The number of aromatic hydroxyl groups is 1. The zero-order chi connectivity index (χ0) is 22.5. The van der Waals surface area contributed by atoms with E-state index >= 15 is 0 Å². The van der Waals surface area contributed by atoms with Gasteiger partial charge in [-0.3, -0.25) is 24.6 Å². The Labute approximate surface area is 182 Å². The van der Waals surface area contributed by atoms with Crippen LogP contribution in [0.3, 0.4) is 0 Å². The molecule has 1 aliphatic rings. The number of benzene rings is 2. The number of amides is 2. The highest BCUT2D eigenvalue weighted by Gasteiger charge is 2.35. The van der Waals surface area contributed by atoms with E-state index in [1.807, 2.05) is 19.1 Å². The monoisotopic (exact) mass is 444 g/mol. The standard InChI is InChI=1S/C21H20N2O7S/c1-3-29-17-11-14(10-16(19(17)24)23(27)28)12-18-20(25)22(21(26)31-18)8-9-30-15-6-4-13(2)5-7-15/h4-7,10-12,24H,3,8-9H2,1-2H3/b18-12-. The maximum atomic E-state index is 12.6. The van der Waals surface area contributed by atoms with Gasteiger partial charge in [-0.25, -0.2) is 0 Å². The van der Waals surface area contributed by atoms with Gasteiger partial charge in [-0.05, 0) is 55.4 Å². The Balaban J connectivity index is 1.75. The van der Waals surface area contributed by atoms with Crippen LogP contribution in [0.15, 0.2) is 41.3 Å². The van der Waals surface area contributed by atoms with E-state index in [9.17, 15) is 24.8 Å². The molecule has 1 N–H and O–H groups in total. The van der Waals surface area contributed by atoms with E-state index in [2.05, 4.69) is 0 Å². The third-order valence-electron chi connectivity index (χ3n) is 4.35. The molecule has 0 atom stereocenters. The summed E-state index contributed by atoms with van der Waals surface area (Å²) in [6, 6.07) is 9.89. The van der Waals surface area contributed by atoms with Gasteiger partial charge in [0, 0.05) is 6.07 Å². The van der Waals surface area contributed by atoms with Gasteiger partial charge in [-0.15, -0.1) is 0 Å². The predicted molar refractivity (Wildman–Crippen MR) is 115 cm³/mol. The highest BCUT2D eigenvalue weighted by atomic mass is 32.2. The van der Waals surface area contributed by atoms with Gasteiger partial charge < -0.3 is 14.6 Å². The lowest BCUT2D eigenvalue weighted by atomic mass is 10.1. The van der Waals surface area contributed by atoms with Crippen LogP contribution in [-0.4, -0.2) is 45.8 Å². The summed E-state index contributed by atoms with van der Waals surface area (Å²) in [4.78, 5) is 36.6. The summed E-state index contributed by atoms with van der Waals surface area (Å²) in [5.41, 5.74) is 0.794. The number of nitro groups is 1. The summed E-state index contributed by atoms with van der Waals surface area (Å²) in [6.45, 7) is 4.01. The first-order chi connectivity index (χ1) is 14.8. The van der Waals surface area contributed by atoms with Crippen LogP contribution in [0.4, 0.5) is 10.5 Å². The molecule has 0 aliphatic carbocycles. The highest BCUT2D eigenvalue weighted by Crippen LogP contribution is 2.39. The minimum absolute atomic E-state index is 0.0653. The molecule has 1 heterocycles. The second kappa shape index (κ2) is 9.52. The topological polar surface area (TPSA) is 119 Å². The maximum Gasteiger partial charge on any atom is 0.315 e. The number of thioether (sulfide) groups is 1. The highest BCUT2D eigenvalue weighted by molar-refractivity contribution is 8.18. The van der Waals surface area contributed by atoms with Crippen molar-refractivity contribution in [3.63, 3.8) is 0 Å². The molecule has 31 heavy (non-hydrogen) atoms. The fourth-order valence-corrected chi connectivity index (χ4v) is 3.70. The molecule has 0 saturated carbocycles. The minimum atomic E-state index is -0.747. The lowest BCUT2D eigenvalue weighted by Crippen LogP contribution is -2.32. The van der Waals surface area contributed by atoms with E-state index in [1.54, 1.807) is 19.1 Å². The van der Waals surface area contributed by atoms with Crippen LogP contribution in [0.5, 0.6) is 17.2 Å². The van der Waals surface area contributed by atoms with Gasteiger partial charge in [0.15, 0.2) is 5.75 Å². The second-order valence-electron chi connectivity index (χ2n) is 6.57. The van der Waals surface area contributed by atoms with Crippen LogP contribution in [0.25, 0.3) is 6.08 Å². The third kappa shape index (κ3) is 5.15. The quantitative estimate of drug-likeness (QED) is 0.367. The number of hydrogen-bond acceptors (Lipinski definition) is 8. The molecule has 9 nitrogen and oxygen atoms in total. The fraction of sp³-hybridized carbons (Fsp3) is 0.238. The van der Waals surface area contributed by atoms with Gasteiger partial charge in [-0.1, -0.05) is 17.7 Å². The zero-order valence-corrected chi connectivity index (χ0v) is 17.7. The van der Waals surface area contributed by atoms with Gasteiger partial charge in [0.2, 0.25) is 5.75 Å². The van der Waals surface area contributed by atoms with Crippen molar-refractivity contribution < 1.29 is 29.1 Å². The molecule has 2 amide bonds. The van der Waals surface area contributed by atoms with Crippen molar-refractivity contribution >= 4 is 34.7 Å². The fourth-order valence-electron chi connectivity index (χ4n) is 2.84. The molecule has 10 heteroatoms. The third-order valence-corrected chi connectivity index (χ3v) is 5.26. The molecule has 0 aromatic heterocycles. The normalized spacial score (nSPS) is 14.9. The maximum absolute atomic E-state index is 12.6. The van der Waals surface area contributed by atoms with E-state index in [0.717, 1.165) is 28.3 Å². The van der Waals surface area contributed by atoms with Crippen molar-refractivity contribution in [2.45, 2.75) is 13.8 Å². The number of carbonyl (C=O) groups excluding carboxylic acids is 2. The zero-order valence-electron chi connectivity index (χ0n) is 16.9. The number of carbonyl (C=O) groups is 2. The van der Waals surface area contributed by atoms with Crippen LogP contribution in [0.1, 0.15) is 18.1 Å². The number of hydrogen-bond donors (Lipinski definition) is 1. The number of rotatable bonds is 8. The van der Waals surface area contributed by atoms with E-state index in [4.69, 9.17) is 9.47 Å². The average molecular weight is 444 g/mol. The van der Waals surface area contributed by atoms with Gasteiger partial charge in [-0.2, -0.15) is 0 Å². The number of imide groups is 1. The van der Waals surface area contributed by atoms with Gasteiger partial charge >= 0.3 is 5.69 Å². The van der Waals surface area contributed by atoms with Crippen molar-refractivity contribution in [1.29, 1.82) is 0 Å². The largest absolute Gasteiger partial charge is 0.500 e. The van der Waals surface area contributed by atoms with Crippen LogP contribution in [0.2, 0.25) is 0 Å². The van der Waals surface area contributed by atoms with Crippen LogP contribution >= 0.6 is 11.8 Å². The van der Waals surface area contributed by atoms with E-state index in [-0.39, 0.29) is 36.0 Å². The van der Waals surface area contributed by atoms with Crippen molar-refractivity contribution in [1.82, 2.24) is 4.90 Å². The Morgan fingerprint density at radius 1 is 1.19 bits per heavy atom. The van der Waals surface area contributed by atoms with Gasteiger partial charge in [0.1, 0.15) is 12.4 Å². The molecule has 2 aromatic rings. The molecule has 1 aliphatic heterocycles. The van der Waals surface area contributed by atoms with Crippen molar-refractivity contribution in [3.8, 4) is 17.2 Å². The summed E-state index contributed by atoms with van der Waals surface area (Å²) < 4.78 is 10.8.